The van der Waals surface area contributed by atoms with Gasteiger partial charge in [-0.1, -0.05) is 6.58 Å². The number of fused-ring (bicyclic) bond motifs is 1. The van der Waals surface area contributed by atoms with Crippen LogP contribution < -0.4 is 0 Å². The average Bonchev–Trinajstić information content (AvgIpc) is 3.39. The van der Waals surface area contributed by atoms with Crippen LogP contribution in [0.1, 0.15) is 31.3 Å². The highest BCUT2D eigenvalue weighted by molar-refractivity contribution is 6.25. The molecule has 2 aromatic rings. The van der Waals surface area contributed by atoms with Crippen LogP contribution in [0.2, 0.25) is 0 Å². The van der Waals surface area contributed by atoms with E-state index in [1.165, 1.54) is 0 Å². The molecule has 0 N–H and O–H groups in total. The van der Waals surface area contributed by atoms with E-state index in [0.29, 0.717) is 17.4 Å². The summed E-state index contributed by atoms with van der Waals surface area (Å²) in [6, 6.07) is 3.87. The van der Waals surface area contributed by atoms with Gasteiger partial charge in [-0.25, -0.2) is 15.0 Å². The van der Waals surface area contributed by atoms with E-state index >= 15 is 0 Å². The Morgan fingerprint density at radius 3 is 2.83 bits per heavy atom. The summed E-state index contributed by atoms with van der Waals surface area (Å²) in [5.41, 5.74) is 3.39. The molecule has 0 aliphatic heterocycles. The van der Waals surface area contributed by atoms with Crippen molar-refractivity contribution >= 4 is 22.3 Å². The summed E-state index contributed by atoms with van der Waals surface area (Å²) in [5.74, 6) is 1.80. The fourth-order valence-electron chi connectivity index (χ4n) is 2.61. The van der Waals surface area contributed by atoms with Gasteiger partial charge in [0.1, 0.15) is 5.76 Å². The van der Waals surface area contributed by atoms with E-state index in [0.717, 1.165) is 41.0 Å². The van der Waals surface area contributed by atoms with Crippen molar-refractivity contribution in [1.29, 1.82) is 0 Å². The van der Waals surface area contributed by atoms with Gasteiger partial charge in [-0.2, -0.15) is 0 Å². The van der Waals surface area contributed by atoms with Gasteiger partial charge in [-0.05, 0) is 38.8 Å². The Morgan fingerprint density at radius 2 is 2.17 bits per heavy atom. The van der Waals surface area contributed by atoms with Crippen LogP contribution in [0.25, 0.3) is 16.6 Å². The molecule has 118 valence electrons. The van der Waals surface area contributed by atoms with Crippen molar-refractivity contribution in [1.82, 2.24) is 15.0 Å². The smallest absolute Gasteiger partial charge is 0.167 e. The van der Waals surface area contributed by atoms with Crippen LogP contribution in [0.4, 0.5) is 0 Å². The number of rotatable bonds is 5. The number of ether oxygens (including phenoxy) is 1. The maximum absolute atomic E-state index is 5.49. The predicted molar refractivity (Wildman–Crippen MR) is 92.0 cm³/mol. The molecule has 0 amide bonds. The van der Waals surface area contributed by atoms with Gasteiger partial charge < -0.3 is 4.74 Å². The van der Waals surface area contributed by atoms with Crippen LogP contribution in [0, 0.1) is 12.8 Å². The van der Waals surface area contributed by atoms with Gasteiger partial charge in [0.15, 0.2) is 11.5 Å². The second kappa shape index (κ2) is 6.28. The lowest BCUT2D eigenvalue weighted by molar-refractivity contribution is 0.296. The fourth-order valence-corrected chi connectivity index (χ4v) is 2.61. The van der Waals surface area contributed by atoms with Crippen molar-refractivity contribution in [2.24, 2.45) is 10.9 Å². The molecule has 2 heterocycles. The number of hydrogen-bond donors (Lipinski definition) is 0. The van der Waals surface area contributed by atoms with Crippen molar-refractivity contribution in [3.8, 4) is 0 Å². The monoisotopic (exact) mass is 308 g/mol. The SMILES string of the molecule is C=CN=C(/C(=C(\C)OC)c1nc(C)c2cccnc2n1)C1CC1. The molecule has 1 aliphatic rings. The summed E-state index contributed by atoms with van der Waals surface area (Å²) in [4.78, 5) is 18.2. The molecule has 0 aromatic carbocycles. The zero-order valence-electron chi connectivity index (χ0n) is 13.7. The minimum absolute atomic E-state index is 0.427. The number of nitrogens with zero attached hydrogens (tertiary/aromatic N) is 4. The van der Waals surface area contributed by atoms with Gasteiger partial charge in [0.05, 0.1) is 24.1 Å². The highest BCUT2D eigenvalue weighted by atomic mass is 16.5. The van der Waals surface area contributed by atoms with Gasteiger partial charge in [0.2, 0.25) is 0 Å². The van der Waals surface area contributed by atoms with Crippen LogP contribution >= 0.6 is 0 Å². The summed E-state index contributed by atoms with van der Waals surface area (Å²) in [7, 11) is 1.65. The van der Waals surface area contributed by atoms with Crippen LogP contribution in [0.5, 0.6) is 0 Å². The number of aliphatic imine (C=N–C) groups is 1. The highest BCUT2D eigenvalue weighted by Crippen LogP contribution is 2.37. The summed E-state index contributed by atoms with van der Waals surface area (Å²) >= 11 is 0. The van der Waals surface area contributed by atoms with E-state index in [9.17, 15) is 0 Å². The van der Waals surface area contributed by atoms with Gasteiger partial charge in [0, 0.05) is 23.7 Å². The third kappa shape index (κ3) is 2.99. The Balaban J connectivity index is 2.22. The number of allylic oxidation sites excluding steroid dienone is 2. The molecule has 0 unspecified atom stereocenters. The molecule has 5 nitrogen and oxygen atoms in total. The quantitative estimate of drug-likeness (QED) is 0.624. The van der Waals surface area contributed by atoms with Crippen LogP contribution in [0.3, 0.4) is 0 Å². The lowest BCUT2D eigenvalue weighted by atomic mass is 10.0. The molecule has 0 radical (unpaired) electrons. The first-order valence-corrected chi connectivity index (χ1v) is 7.69. The molecule has 0 saturated heterocycles. The summed E-state index contributed by atoms with van der Waals surface area (Å²) in [5, 5.41) is 0.958. The van der Waals surface area contributed by atoms with Crippen LogP contribution in [-0.2, 0) is 4.74 Å². The number of aromatic nitrogens is 3. The summed E-state index contributed by atoms with van der Waals surface area (Å²) < 4.78 is 5.49. The second-order valence-corrected chi connectivity index (χ2v) is 5.61. The van der Waals surface area contributed by atoms with E-state index in [4.69, 9.17) is 4.74 Å². The lowest BCUT2D eigenvalue weighted by Crippen LogP contribution is -2.12. The van der Waals surface area contributed by atoms with E-state index in [2.05, 4.69) is 26.5 Å². The van der Waals surface area contributed by atoms with Crippen LogP contribution in [0.15, 0.2) is 41.9 Å². The van der Waals surface area contributed by atoms with E-state index in [-0.39, 0.29) is 0 Å². The second-order valence-electron chi connectivity index (χ2n) is 5.61. The van der Waals surface area contributed by atoms with E-state index in [1.54, 1.807) is 19.5 Å². The molecular formula is C18H20N4O. The number of pyridine rings is 1. The van der Waals surface area contributed by atoms with Gasteiger partial charge in [-0.3, -0.25) is 4.99 Å². The fraction of sp³-hybridized carbons (Fsp3) is 0.333. The molecule has 0 atom stereocenters. The lowest BCUT2D eigenvalue weighted by Gasteiger charge is -2.13. The number of methoxy groups -OCH3 is 1. The molecule has 5 heteroatoms. The van der Waals surface area contributed by atoms with E-state index < -0.39 is 0 Å². The predicted octanol–water partition coefficient (Wildman–Crippen LogP) is 3.71. The molecule has 3 rings (SSSR count). The molecule has 0 bridgehead atoms. The third-order valence-electron chi connectivity index (χ3n) is 3.99. The largest absolute Gasteiger partial charge is 0.501 e. The Hall–Kier alpha value is -2.56. The zero-order valence-corrected chi connectivity index (χ0v) is 13.7. The Labute approximate surface area is 135 Å². The normalized spacial score (nSPS) is 16.2. The van der Waals surface area contributed by atoms with Gasteiger partial charge >= 0.3 is 0 Å². The molecule has 1 aliphatic carbocycles. The molecule has 1 saturated carbocycles. The number of aryl methyl sites for hydroxylation is 1. The molecule has 2 aromatic heterocycles. The Bertz CT molecular complexity index is 819. The Morgan fingerprint density at radius 1 is 1.39 bits per heavy atom. The minimum atomic E-state index is 0.427. The first kappa shape index (κ1) is 15.3. The van der Waals surface area contributed by atoms with E-state index in [1.807, 2.05) is 26.0 Å². The maximum Gasteiger partial charge on any atom is 0.167 e. The number of hydrogen-bond acceptors (Lipinski definition) is 5. The third-order valence-corrected chi connectivity index (χ3v) is 3.99. The molecule has 23 heavy (non-hydrogen) atoms. The first-order valence-electron chi connectivity index (χ1n) is 7.69. The molecular weight excluding hydrogens is 288 g/mol. The Kier molecular flexibility index (Phi) is 4.19. The summed E-state index contributed by atoms with van der Waals surface area (Å²) in [6.07, 6.45) is 5.56. The molecule has 0 spiro atoms. The summed E-state index contributed by atoms with van der Waals surface area (Å²) in [6.45, 7) is 7.62. The molecule has 1 fully saturated rings. The van der Waals surface area contributed by atoms with Crippen molar-refractivity contribution in [2.75, 3.05) is 7.11 Å². The van der Waals surface area contributed by atoms with Gasteiger partial charge in [-0.15, -0.1) is 0 Å². The van der Waals surface area contributed by atoms with Gasteiger partial charge in [0.25, 0.3) is 0 Å². The minimum Gasteiger partial charge on any atom is -0.501 e. The van der Waals surface area contributed by atoms with Crippen molar-refractivity contribution < 1.29 is 4.74 Å². The first-order chi connectivity index (χ1) is 11.2. The van der Waals surface area contributed by atoms with Crippen molar-refractivity contribution in [2.45, 2.75) is 26.7 Å². The average molecular weight is 308 g/mol. The topological polar surface area (TPSA) is 60.3 Å². The zero-order chi connectivity index (χ0) is 16.4. The maximum atomic E-state index is 5.49. The van der Waals surface area contributed by atoms with Crippen molar-refractivity contribution in [3.63, 3.8) is 0 Å². The van der Waals surface area contributed by atoms with Crippen LogP contribution in [-0.4, -0.2) is 27.8 Å². The highest BCUT2D eigenvalue weighted by Gasteiger charge is 2.33. The van der Waals surface area contributed by atoms with Crippen molar-refractivity contribution in [3.05, 3.63) is 48.4 Å². The standard InChI is InChI=1S/C18H20N4O/c1-5-19-16(13-8-9-13)15(12(3)23-4)18-21-11(2)14-7-6-10-20-17(14)22-18/h5-7,10,13H,1,8-9H2,2-4H3/b15-12-,19-16?.